The minimum atomic E-state index is 0.00999. The molecule has 2 N–H and O–H groups in total. The maximum atomic E-state index is 11.5. The third-order valence-corrected chi connectivity index (χ3v) is 4.04. The average molecular weight is 263 g/mol. The van der Waals surface area contributed by atoms with Gasteiger partial charge in [-0.2, -0.15) is 5.10 Å². The summed E-state index contributed by atoms with van der Waals surface area (Å²) in [5.41, 5.74) is 8.35. The summed E-state index contributed by atoms with van der Waals surface area (Å²) < 4.78 is 1.90. The molecule has 0 amide bonds. The highest BCUT2D eigenvalue weighted by molar-refractivity contribution is 7.19. The largest absolute Gasteiger partial charge is 0.390 e. The van der Waals surface area contributed by atoms with Crippen molar-refractivity contribution in [2.24, 2.45) is 0 Å². The zero-order valence-electron chi connectivity index (χ0n) is 11.0. The molecule has 2 heterocycles. The van der Waals surface area contributed by atoms with Crippen LogP contribution in [0.1, 0.15) is 42.7 Å². The van der Waals surface area contributed by atoms with Crippen LogP contribution < -0.4 is 5.73 Å². The van der Waals surface area contributed by atoms with Crippen molar-refractivity contribution < 1.29 is 4.79 Å². The number of carbonyl (C=O) groups is 1. The molecular formula is C13H17N3OS. The van der Waals surface area contributed by atoms with Gasteiger partial charge >= 0.3 is 0 Å². The van der Waals surface area contributed by atoms with Gasteiger partial charge in [0.2, 0.25) is 0 Å². The lowest BCUT2D eigenvalue weighted by Crippen LogP contribution is -2.00. The van der Waals surface area contributed by atoms with E-state index < -0.39 is 0 Å². The average Bonchev–Trinajstić information content (AvgIpc) is 2.83. The van der Waals surface area contributed by atoms with E-state index in [1.54, 1.807) is 6.92 Å². The van der Waals surface area contributed by atoms with Gasteiger partial charge < -0.3 is 5.73 Å². The quantitative estimate of drug-likeness (QED) is 0.864. The number of hydrogen-bond acceptors (Lipinski definition) is 4. The van der Waals surface area contributed by atoms with Gasteiger partial charge in [0.15, 0.2) is 5.78 Å². The SMILES string of the molecule is CC(=O)c1c(N)sc(-c2ccn(C(C)C)n2)c1C. The molecule has 2 aromatic rings. The molecule has 0 aliphatic carbocycles. The van der Waals surface area contributed by atoms with Crippen molar-refractivity contribution in [2.45, 2.75) is 33.7 Å². The summed E-state index contributed by atoms with van der Waals surface area (Å²) in [6.45, 7) is 7.62. The predicted molar refractivity (Wildman–Crippen MR) is 75.1 cm³/mol. The maximum absolute atomic E-state index is 11.5. The summed E-state index contributed by atoms with van der Waals surface area (Å²) in [6, 6.07) is 2.28. The number of aromatic nitrogens is 2. The van der Waals surface area contributed by atoms with Gasteiger partial charge in [-0.15, -0.1) is 11.3 Å². The van der Waals surface area contributed by atoms with Crippen LogP contribution in [0.2, 0.25) is 0 Å². The van der Waals surface area contributed by atoms with Gasteiger partial charge in [-0.1, -0.05) is 0 Å². The number of rotatable bonds is 3. The summed E-state index contributed by atoms with van der Waals surface area (Å²) in [4.78, 5) is 12.5. The molecule has 96 valence electrons. The van der Waals surface area contributed by atoms with Crippen LogP contribution in [-0.4, -0.2) is 15.6 Å². The number of anilines is 1. The molecule has 0 fully saturated rings. The smallest absolute Gasteiger partial charge is 0.163 e. The number of hydrogen-bond donors (Lipinski definition) is 1. The van der Waals surface area contributed by atoms with Gasteiger partial charge in [-0.05, 0) is 39.3 Å². The van der Waals surface area contributed by atoms with E-state index in [2.05, 4.69) is 18.9 Å². The van der Waals surface area contributed by atoms with Gasteiger partial charge in [0.1, 0.15) is 5.69 Å². The van der Waals surface area contributed by atoms with E-state index >= 15 is 0 Å². The number of carbonyl (C=O) groups excluding carboxylic acids is 1. The van der Waals surface area contributed by atoms with Crippen molar-refractivity contribution in [1.82, 2.24) is 9.78 Å². The van der Waals surface area contributed by atoms with Crippen molar-refractivity contribution in [1.29, 1.82) is 0 Å². The standard InChI is InChI=1S/C13H17N3OS/c1-7(2)16-6-5-10(15-16)12-8(3)11(9(4)17)13(14)18-12/h5-7H,14H2,1-4H3. The lowest BCUT2D eigenvalue weighted by atomic mass is 10.1. The third-order valence-electron chi connectivity index (χ3n) is 2.90. The Morgan fingerprint density at radius 1 is 1.50 bits per heavy atom. The number of nitrogens with two attached hydrogens (primary N) is 1. The highest BCUT2D eigenvalue weighted by Crippen LogP contribution is 2.37. The molecule has 4 nitrogen and oxygen atoms in total. The highest BCUT2D eigenvalue weighted by Gasteiger charge is 2.19. The van der Waals surface area contributed by atoms with Crippen LogP contribution in [0.5, 0.6) is 0 Å². The Bertz CT molecular complexity index is 595. The molecule has 0 saturated carbocycles. The van der Waals surface area contributed by atoms with Crippen LogP contribution in [0, 0.1) is 6.92 Å². The van der Waals surface area contributed by atoms with E-state index in [1.807, 2.05) is 23.9 Å². The first-order valence-corrected chi connectivity index (χ1v) is 6.68. The molecule has 0 aromatic carbocycles. The fourth-order valence-electron chi connectivity index (χ4n) is 1.96. The molecule has 0 unspecified atom stereocenters. The van der Waals surface area contributed by atoms with Crippen LogP contribution in [0.3, 0.4) is 0 Å². The molecule has 0 atom stereocenters. The fourth-order valence-corrected chi connectivity index (χ4v) is 3.05. The van der Waals surface area contributed by atoms with E-state index in [1.165, 1.54) is 11.3 Å². The van der Waals surface area contributed by atoms with Crippen LogP contribution in [0.4, 0.5) is 5.00 Å². The Kier molecular flexibility index (Phi) is 3.26. The van der Waals surface area contributed by atoms with Crippen molar-refractivity contribution in [3.63, 3.8) is 0 Å². The fraction of sp³-hybridized carbons (Fsp3) is 0.385. The maximum Gasteiger partial charge on any atom is 0.163 e. The second kappa shape index (κ2) is 4.57. The molecule has 2 rings (SSSR count). The third kappa shape index (κ3) is 2.06. The van der Waals surface area contributed by atoms with Gasteiger partial charge in [-0.3, -0.25) is 9.48 Å². The number of ketones is 1. The molecule has 0 bridgehead atoms. The first-order chi connectivity index (χ1) is 8.41. The zero-order chi connectivity index (χ0) is 13.4. The summed E-state index contributed by atoms with van der Waals surface area (Å²) in [5.74, 6) is 0.00999. The molecule has 0 saturated heterocycles. The number of nitrogens with zero attached hydrogens (tertiary/aromatic N) is 2. The van der Waals surface area contributed by atoms with Gasteiger partial charge in [0.05, 0.1) is 15.4 Å². The van der Waals surface area contributed by atoms with Crippen molar-refractivity contribution in [3.05, 3.63) is 23.4 Å². The molecule has 18 heavy (non-hydrogen) atoms. The van der Waals surface area contributed by atoms with E-state index in [4.69, 9.17) is 5.73 Å². The monoisotopic (exact) mass is 263 g/mol. The van der Waals surface area contributed by atoms with Crippen LogP contribution >= 0.6 is 11.3 Å². The second-order valence-corrected chi connectivity index (χ2v) is 5.68. The van der Waals surface area contributed by atoms with Crippen LogP contribution in [-0.2, 0) is 0 Å². The van der Waals surface area contributed by atoms with E-state index in [0.717, 1.165) is 16.1 Å². The Hall–Kier alpha value is -1.62. The first-order valence-electron chi connectivity index (χ1n) is 5.87. The minimum absolute atomic E-state index is 0.00999. The minimum Gasteiger partial charge on any atom is -0.390 e. The number of nitrogen functional groups attached to an aromatic ring is 1. The lowest BCUT2D eigenvalue weighted by Gasteiger charge is -2.03. The zero-order valence-corrected chi connectivity index (χ0v) is 11.8. The molecule has 0 aliphatic heterocycles. The number of Topliss-reactive ketones (excluding diaryl/α,β-unsaturated/α-hetero) is 1. The summed E-state index contributed by atoms with van der Waals surface area (Å²) >= 11 is 1.43. The van der Waals surface area contributed by atoms with E-state index in [-0.39, 0.29) is 5.78 Å². The highest BCUT2D eigenvalue weighted by atomic mass is 32.1. The molecule has 2 aromatic heterocycles. The molecular weight excluding hydrogens is 246 g/mol. The topological polar surface area (TPSA) is 60.9 Å². The predicted octanol–water partition coefficient (Wildman–Crippen LogP) is 3.29. The Morgan fingerprint density at radius 2 is 2.17 bits per heavy atom. The van der Waals surface area contributed by atoms with Crippen molar-refractivity contribution in [2.75, 3.05) is 5.73 Å². The van der Waals surface area contributed by atoms with Crippen LogP contribution in [0.15, 0.2) is 12.3 Å². The van der Waals surface area contributed by atoms with Gasteiger partial charge in [-0.25, -0.2) is 0 Å². The normalized spacial score (nSPS) is 11.2. The first kappa shape index (κ1) is 12.8. The van der Waals surface area contributed by atoms with E-state index in [9.17, 15) is 4.79 Å². The molecule has 0 spiro atoms. The van der Waals surface area contributed by atoms with Crippen molar-refractivity contribution in [3.8, 4) is 10.6 Å². The Balaban J connectivity index is 2.51. The second-order valence-electron chi connectivity index (χ2n) is 4.63. The summed E-state index contributed by atoms with van der Waals surface area (Å²) in [5, 5.41) is 5.09. The Labute approximate surface area is 110 Å². The summed E-state index contributed by atoms with van der Waals surface area (Å²) in [7, 11) is 0. The molecule has 5 heteroatoms. The van der Waals surface area contributed by atoms with E-state index in [0.29, 0.717) is 16.6 Å². The van der Waals surface area contributed by atoms with Gasteiger partial charge in [0, 0.05) is 12.2 Å². The Morgan fingerprint density at radius 3 is 2.61 bits per heavy atom. The van der Waals surface area contributed by atoms with Gasteiger partial charge in [0.25, 0.3) is 0 Å². The van der Waals surface area contributed by atoms with Crippen LogP contribution in [0.25, 0.3) is 10.6 Å². The molecule has 0 radical (unpaired) electrons. The van der Waals surface area contributed by atoms with Crippen molar-refractivity contribution >= 4 is 22.1 Å². The molecule has 0 aliphatic rings. The summed E-state index contributed by atoms with van der Waals surface area (Å²) in [6.07, 6.45) is 1.95. The number of thiophene rings is 1. The lowest BCUT2D eigenvalue weighted by molar-refractivity contribution is 0.101.